The number of azo groups is 1. The summed E-state index contributed by atoms with van der Waals surface area (Å²) >= 11 is 0. The van der Waals surface area contributed by atoms with Crippen LogP contribution in [0.25, 0.3) is 21.4 Å². The zero-order chi connectivity index (χ0) is 25.1. The van der Waals surface area contributed by atoms with Gasteiger partial charge in [0.1, 0.15) is 5.69 Å². The van der Waals surface area contributed by atoms with E-state index in [2.05, 4.69) is 30.5 Å². The van der Waals surface area contributed by atoms with E-state index in [1.54, 1.807) is 48.7 Å². The summed E-state index contributed by atoms with van der Waals surface area (Å²) in [5.74, 6) is -0.190. The molecule has 3 aromatic carbocycles. The van der Waals surface area contributed by atoms with Crippen LogP contribution >= 0.6 is 0 Å². The Labute approximate surface area is 206 Å². The first-order valence-corrected chi connectivity index (χ1v) is 11.0. The summed E-state index contributed by atoms with van der Waals surface area (Å²) in [6.07, 6.45) is 2.98. The average Bonchev–Trinajstić information content (AvgIpc) is 3.32. The van der Waals surface area contributed by atoms with Crippen LogP contribution in [0.5, 0.6) is 5.75 Å². The lowest BCUT2D eigenvalue weighted by Crippen LogP contribution is -2.13. The molecule has 1 amide bonds. The van der Waals surface area contributed by atoms with Crippen molar-refractivity contribution in [3.63, 3.8) is 0 Å². The number of aryl methyl sites for hydroxylation is 1. The Bertz CT molecular complexity index is 1670. The second-order valence-electron chi connectivity index (χ2n) is 7.88. The maximum absolute atomic E-state index is 13.1. The standard InChI is InChI=1S/C27H19N7O2/c1-17-9-3-6-12-21(17)31-27(36)20-15-18-10-4-5-11-19(18)24(25(20)35)32-33-26-22(28-2)16-30-34(26)23-13-7-8-14-29-23/h3-16,35H,1H3,(H,31,36). The van der Waals surface area contributed by atoms with Gasteiger partial charge < -0.3 is 10.4 Å². The van der Waals surface area contributed by atoms with E-state index in [0.717, 1.165) is 5.56 Å². The molecular weight excluding hydrogens is 454 g/mol. The summed E-state index contributed by atoms with van der Waals surface area (Å²) in [5, 5.41) is 28.1. The van der Waals surface area contributed by atoms with E-state index in [-0.39, 0.29) is 28.5 Å². The highest BCUT2D eigenvalue weighted by molar-refractivity contribution is 6.12. The number of carbonyl (C=O) groups is 1. The van der Waals surface area contributed by atoms with E-state index >= 15 is 0 Å². The Hall–Kier alpha value is -5.36. The van der Waals surface area contributed by atoms with Crippen LogP contribution in [-0.4, -0.2) is 25.8 Å². The van der Waals surface area contributed by atoms with Crippen molar-refractivity contribution in [2.75, 3.05) is 5.32 Å². The van der Waals surface area contributed by atoms with Gasteiger partial charge in [0.15, 0.2) is 17.4 Å². The number of rotatable bonds is 5. The van der Waals surface area contributed by atoms with Gasteiger partial charge >= 0.3 is 0 Å². The number of hydrogen-bond donors (Lipinski definition) is 2. The fourth-order valence-electron chi connectivity index (χ4n) is 3.74. The second-order valence-corrected chi connectivity index (χ2v) is 7.88. The number of phenols is 1. The van der Waals surface area contributed by atoms with Crippen LogP contribution in [0.2, 0.25) is 0 Å². The molecular formula is C27H19N7O2. The lowest BCUT2D eigenvalue weighted by Gasteiger charge is -2.12. The zero-order valence-corrected chi connectivity index (χ0v) is 19.1. The van der Waals surface area contributed by atoms with Gasteiger partial charge in [-0.25, -0.2) is 14.5 Å². The molecule has 2 N–H and O–H groups in total. The number of anilines is 1. The normalized spacial score (nSPS) is 11.0. The van der Waals surface area contributed by atoms with Crippen molar-refractivity contribution in [3.8, 4) is 11.6 Å². The Balaban J connectivity index is 1.61. The largest absolute Gasteiger partial charge is 0.505 e. The van der Waals surface area contributed by atoms with Crippen molar-refractivity contribution in [1.82, 2.24) is 14.8 Å². The Morgan fingerprint density at radius 2 is 1.83 bits per heavy atom. The number of amides is 1. The molecule has 0 aliphatic heterocycles. The van der Waals surface area contributed by atoms with Gasteiger partial charge in [0.05, 0.1) is 18.3 Å². The van der Waals surface area contributed by atoms with Crippen molar-refractivity contribution in [2.24, 2.45) is 10.2 Å². The first-order valence-electron chi connectivity index (χ1n) is 11.0. The van der Waals surface area contributed by atoms with Crippen molar-refractivity contribution in [1.29, 1.82) is 0 Å². The van der Waals surface area contributed by atoms with Crippen LogP contribution < -0.4 is 5.32 Å². The van der Waals surface area contributed by atoms with E-state index < -0.39 is 5.91 Å². The molecule has 2 heterocycles. The van der Waals surface area contributed by atoms with Gasteiger partial charge in [0.2, 0.25) is 0 Å². The van der Waals surface area contributed by atoms with Crippen LogP contribution in [0.1, 0.15) is 15.9 Å². The molecule has 0 saturated carbocycles. The minimum absolute atomic E-state index is 0.0505. The molecule has 0 aliphatic carbocycles. The van der Waals surface area contributed by atoms with E-state index in [1.165, 1.54) is 10.9 Å². The number of fused-ring (bicyclic) bond motifs is 1. The van der Waals surface area contributed by atoms with Gasteiger partial charge in [-0.05, 0) is 42.1 Å². The number of pyridine rings is 1. The highest BCUT2D eigenvalue weighted by atomic mass is 16.3. The smallest absolute Gasteiger partial charge is 0.259 e. The minimum Gasteiger partial charge on any atom is -0.505 e. The zero-order valence-electron chi connectivity index (χ0n) is 19.1. The maximum Gasteiger partial charge on any atom is 0.259 e. The molecule has 2 aromatic heterocycles. The SMILES string of the molecule is [C-]#[N+]c1cnn(-c2ccccn2)c1N=Nc1c(O)c(C(=O)Nc2ccccc2C)cc2ccccc12. The molecule has 9 nitrogen and oxygen atoms in total. The molecule has 0 atom stereocenters. The molecule has 0 unspecified atom stereocenters. The lowest BCUT2D eigenvalue weighted by molar-refractivity contribution is 0.102. The number of para-hydroxylation sites is 1. The Morgan fingerprint density at radius 1 is 1.06 bits per heavy atom. The predicted molar refractivity (Wildman–Crippen MR) is 137 cm³/mol. The molecule has 174 valence electrons. The fourth-order valence-corrected chi connectivity index (χ4v) is 3.74. The molecule has 5 rings (SSSR count). The van der Waals surface area contributed by atoms with Crippen molar-refractivity contribution >= 4 is 39.6 Å². The highest BCUT2D eigenvalue weighted by Gasteiger charge is 2.20. The van der Waals surface area contributed by atoms with Crippen LogP contribution in [0.4, 0.5) is 22.9 Å². The van der Waals surface area contributed by atoms with Gasteiger partial charge in [-0.1, -0.05) is 48.5 Å². The van der Waals surface area contributed by atoms with Gasteiger partial charge in [0, 0.05) is 17.3 Å². The van der Waals surface area contributed by atoms with Gasteiger partial charge in [-0.15, -0.1) is 10.2 Å². The number of carbonyl (C=O) groups excluding carboxylic acids is 1. The second kappa shape index (κ2) is 9.48. The van der Waals surface area contributed by atoms with Crippen molar-refractivity contribution in [2.45, 2.75) is 6.92 Å². The fraction of sp³-hybridized carbons (Fsp3) is 0.0370. The Kier molecular flexibility index (Phi) is 5.91. The molecule has 36 heavy (non-hydrogen) atoms. The summed E-state index contributed by atoms with van der Waals surface area (Å²) in [5.41, 5.74) is 1.85. The third-order valence-electron chi connectivity index (χ3n) is 5.59. The monoisotopic (exact) mass is 473 g/mol. The molecule has 5 aromatic rings. The molecule has 0 radical (unpaired) electrons. The summed E-state index contributed by atoms with van der Waals surface area (Å²) in [4.78, 5) is 20.9. The molecule has 0 spiro atoms. The summed E-state index contributed by atoms with van der Waals surface area (Å²) in [7, 11) is 0. The van der Waals surface area contributed by atoms with Crippen molar-refractivity contribution in [3.05, 3.63) is 108 Å². The van der Waals surface area contributed by atoms with Crippen LogP contribution in [0.3, 0.4) is 0 Å². The van der Waals surface area contributed by atoms with Crippen LogP contribution in [0, 0.1) is 13.5 Å². The molecule has 0 aliphatic rings. The summed E-state index contributed by atoms with van der Waals surface area (Å²) in [6, 6.07) is 21.5. The summed E-state index contributed by atoms with van der Waals surface area (Å²) < 4.78 is 1.39. The number of aromatic nitrogens is 3. The van der Waals surface area contributed by atoms with Crippen molar-refractivity contribution < 1.29 is 9.90 Å². The number of phenolic OH excluding ortho intramolecular Hbond substituents is 1. The first kappa shape index (κ1) is 22.4. The molecule has 0 saturated heterocycles. The first-order chi connectivity index (χ1) is 17.6. The predicted octanol–water partition coefficient (Wildman–Crippen LogP) is 6.65. The number of nitrogens with zero attached hydrogens (tertiary/aromatic N) is 6. The van der Waals surface area contributed by atoms with Crippen LogP contribution in [0.15, 0.2) is 95.4 Å². The number of nitrogens with one attached hydrogen (secondary N) is 1. The quantitative estimate of drug-likeness (QED) is 0.220. The van der Waals surface area contributed by atoms with Gasteiger partial charge in [-0.2, -0.15) is 5.10 Å². The number of hydrogen-bond acceptors (Lipinski definition) is 6. The third-order valence-corrected chi connectivity index (χ3v) is 5.59. The third kappa shape index (κ3) is 4.15. The van der Waals surface area contributed by atoms with E-state index in [1.807, 2.05) is 37.3 Å². The van der Waals surface area contributed by atoms with E-state index in [9.17, 15) is 9.90 Å². The van der Waals surface area contributed by atoms with E-state index in [4.69, 9.17) is 6.57 Å². The Morgan fingerprint density at radius 3 is 2.61 bits per heavy atom. The summed E-state index contributed by atoms with van der Waals surface area (Å²) in [6.45, 7) is 9.36. The van der Waals surface area contributed by atoms with Gasteiger partial charge in [-0.3, -0.25) is 4.79 Å². The lowest BCUT2D eigenvalue weighted by atomic mass is 10.0. The minimum atomic E-state index is -0.482. The number of aromatic hydroxyl groups is 1. The van der Waals surface area contributed by atoms with E-state index in [0.29, 0.717) is 22.3 Å². The van der Waals surface area contributed by atoms with Gasteiger partial charge in [0.25, 0.3) is 11.6 Å². The topological polar surface area (TPSA) is 109 Å². The number of benzene rings is 3. The average molecular weight is 473 g/mol. The highest BCUT2D eigenvalue weighted by Crippen LogP contribution is 2.40. The van der Waals surface area contributed by atoms with Crippen LogP contribution in [-0.2, 0) is 0 Å². The maximum atomic E-state index is 13.1. The molecule has 0 bridgehead atoms. The molecule has 0 fully saturated rings. The molecule has 9 heteroatoms.